The molecule has 0 unspecified atom stereocenters. The molecule has 1 atom stereocenters. The van der Waals surface area contributed by atoms with Gasteiger partial charge in [0.05, 0.1) is 35.9 Å². The van der Waals surface area contributed by atoms with Gasteiger partial charge in [0.25, 0.3) is 0 Å². The molecule has 0 radical (unpaired) electrons. The van der Waals surface area contributed by atoms with Gasteiger partial charge in [0.2, 0.25) is 11.8 Å². The Labute approximate surface area is 196 Å². The summed E-state index contributed by atoms with van der Waals surface area (Å²) >= 11 is 1.66. The van der Waals surface area contributed by atoms with Crippen molar-refractivity contribution in [3.8, 4) is 17.7 Å². The SMILES string of the molecule is COc1cc(C#N)ccc1[C@H]1C(C(N)=O)=C(C)Nc2c(C)cnc(OCc3ccc(C)s3)c21. The molecule has 0 saturated heterocycles. The zero-order chi connectivity index (χ0) is 23.7. The van der Waals surface area contributed by atoms with Crippen molar-refractivity contribution in [1.82, 2.24) is 4.98 Å². The van der Waals surface area contributed by atoms with Crippen LogP contribution in [0.25, 0.3) is 0 Å². The normalized spacial score (nSPS) is 14.8. The van der Waals surface area contributed by atoms with Gasteiger partial charge >= 0.3 is 0 Å². The lowest BCUT2D eigenvalue weighted by Crippen LogP contribution is -2.28. The van der Waals surface area contributed by atoms with E-state index in [1.807, 2.05) is 32.9 Å². The summed E-state index contributed by atoms with van der Waals surface area (Å²) in [6.07, 6.45) is 1.75. The maximum atomic E-state index is 12.6. The van der Waals surface area contributed by atoms with E-state index >= 15 is 0 Å². The molecular formula is C25H24N4O3S. The highest BCUT2D eigenvalue weighted by Gasteiger charge is 2.37. The Bertz CT molecular complexity index is 1320. The Hall–Kier alpha value is -3.83. The number of hydrogen-bond acceptors (Lipinski definition) is 7. The minimum Gasteiger partial charge on any atom is -0.496 e. The number of aryl methyl sites for hydroxylation is 2. The number of anilines is 1. The number of carbonyl (C=O) groups excluding carboxylic acids is 1. The molecule has 0 spiro atoms. The van der Waals surface area contributed by atoms with Crippen LogP contribution in [0.15, 0.2) is 47.8 Å². The first-order valence-corrected chi connectivity index (χ1v) is 11.2. The third-order valence-corrected chi connectivity index (χ3v) is 6.62. The van der Waals surface area contributed by atoms with E-state index < -0.39 is 11.8 Å². The molecule has 4 rings (SSSR count). The van der Waals surface area contributed by atoms with Crippen LogP contribution in [-0.4, -0.2) is 18.0 Å². The van der Waals surface area contributed by atoms with Crippen LogP contribution in [0.3, 0.4) is 0 Å². The summed E-state index contributed by atoms with van der Waals surface area (Å²) in [6.45, 7) is 6.17. The first-order valence-electron chi connectivity index (χ1n) is 10.4. The quantitative estimate of drug-likeness (QED) is 0.559. The number of rotatable bonds is 6. The van der Waals surface area contributed by atoms with E-state index in [-0.39, 0.29) is 0 Å². The number of nitrogens with two attached hydrogens (primary N) is 1. The second kappa shape index (κ2) is 8.96. The summed E-state index contributed by atoms with van der Waals surface area (Å²) in [4.78, 5) is 19.5. The van der Waals surface area contributed by atoms with Gasteiger partial charge in [-0.25, -0.2) is 4.98 Å². The number of allylic oxidation sites excluding steroid dienone is 1. The van der Waals surface area contributed by atoms with E-state index in [4.69, 9.17) is 15.2 Å². The Morgan fingerprint density at radius 2 is 2.06 bits per heavy atom. The first-order chi connectivity index (χ1) is 15.8. The fourth-order valence-corrected chi connectivity index (χ4v) is 4.94. The Kier molecular flexibility index (Phi) is 6.07. The van der Waals surface area contributed by atoms with Crippen molar-refractivity contribution in [1.29, 1.82) is 5.26 Å². The Morgan fingerprint density at radius 3 is 2.70 bits per heavy atom. The maximum Gasteiger partial charge on any atom is 0.247 e. The number of benzene rings is 1. The standard InChI is InChI=1S/C25H24N4O3S/c1-13-11-28-25(32-12-17-7-5-14(2)33-17)22-21(20(24(27)30)15(3)29-23(13)22)18-8-6-16(10-26)9-19(18)31-4/h5-9,11,21,29H,12H2,1-4H3,(H2,27,30)/t21-/m0/s1. The van der Waals surface area contributed by atoms with E-state index in [0.717, 1.165) is 16.1 Å². The maximum absolute atomic E-state index is 12.6. The Balaban J connectivity index is 1.91. The summed E-state index contributed by atoms with van der Waals surface area (Å²) in [5, 5.41) is 12.7. The summed E-state index contributed by atoms with van der Waals surface area (Å²) in [5.41, 5.74) is 10.5. The fraction of sp³-hybridized carbons (Fsp3) is 0.240. The monoisotopic (exact) mass is 460 g/mol. The minimum atomic E-state index is -0.575. The van der Waals surface area contributed by atoms with Gasteiger partial charge in [-0.1, -0.05) is 6.07 Å². The number of nitrogens with one attached hydrogen (secondary N) is 1. The van der Waals surface area contributed by atoms with Gasteiger partial charge in [-0.2, -0.15) is 5.26 Å². The number of ether oxygens (including phenoxy) is 2. The van der Waals surface area contributed by atoms with E-state index in [2.05, 4.69) is 16.4 Å². The van der Waals surface area contributed by atoms with Crippen LogP contribution in [0, 0.1) is 25.2 Å². The van der Waals surface area contributed by atoms with Crippen LogP contribution in [0.4, 0.5) is 5.69 Å². The molecule has 0 saturated carbocycles. The van der Waals surface area contributed by atoms with Gasteiger partial charge in [0.15, 0.2) is 0 Å². The van der Waals surface area contributed by atoms with Gasteiger partial charge in [-0.15, -0.1) is 11.3 Å². The van der Waals surface area contributed by atoms with Gasteiger partial charge in [-0.05, 0) is 50.6 Å². The molecule has 33 heavy (non-hydrogen) atoms. The van der Waals surface area contributed by atoms with Crippen molar-refractivity contribution in [2.45, 2.75) is 33.3 Å². The summed E-state index contributed by atoms with van der Waals surface area (Å²) in [6, 6.07) is 11.3. The molecule has 1 aromatic carbocycles. The lowest BCUT2D eigenvalue weighted by atomic mass is 9.79. The molecule has 3 N–H and O–H groups in total. The number of carbonyl (C=O) groups is 1. The number of nitrogens with zero attached hydrogens (tertiary/aromatic N) is 2. The second-order valence-electron chi connectivity index (χ2n) is 7.87. The third kappa shape index (κ3) is 4.15. The van der Waals surface area contributed by atoms with Gasteiger partial charge in [-0.3, -0.25) is 4.79 Å². The topological polar surface area (TPSA) is 110 Å². The number of hydrogen-bond donors (Lipinski definition) is 2. The average Bonchev–Trinajstić information content (AvgIpc) is 3.22. The van der Waals surface area contributed by atoms with Crippen LogP contribution >= 0.6 is 11.3 Å². The van der Waals surface area contributed by atoms with Crippen LogP contribution in [-0.2, 0) is 11.4 Å². The number of methoxy groups -OCH3 is 1. The van der Waals surface area contributed by atoms with E-state index in [9.17, 15) is 10.1 Å². The molecule has 1 amide bonds. The largest absolute Gasteiger partial charge is 0.496 e. The van der Waals surface area contributed by atoms with E-state index in [1.54, 1.807) is 35.7 Å². The van der Waals surface area contributed by atoms with Gasteiger partial charge in [0.1, 0.15) is 12.4 Å². The predicted octanol–water partition coefficient (Wildman–Crippen LogP) is 4.54. The fourth-order valence-electron chi connectivity index (χ4n) is 4.13. The molecule has 2 aromatic heterocycles. The van der Waals surface area contributed by atoms with Crippen molar-refractivity contribution in [2.75, 3.05) is 12.4 Å². The number of thiophene rings is 1. The van der Waals surface area contributed by atoms with Crippen LogP contribution in [0.5, 0.6) is 11.6 Å². The molecule has 0 aliphatic carbocycles. The second-order valence-corrected chi connectivity index (χ2v) is 9.24. The van der Waals surface area contributed by atoms with Crippen molar-refractivity contribution in [3.63, 3.8) is 0 Å². The van der Waals surface area contributed by atoms with Crippen LogP contribution in [0.1, 0.15) is 44.8 Å². The number of aromatic nitrogens is 1. The minimum absolute atomic E-state index is 0.354. The van der Waals surface area contributed by atoms with Crippen molar-refractivity contribution in [2.24, 2.45) is 5.73 Å². The molecule has 3 heterocycles. The highest BCUT2D eigenvalue weighted by molar-refractivity contribution is 7.11. The van der Waals surface area contributed by atoms with Crippen LogP contribution in [0.2, 0.25) is 0 Å². The first kappa shape index (κ1) is 22.4. The lowest BCUT2D eigenvalue weighted by Gasteiger charge is -2.32. The number of fused-ring (bicyclic) bond motifs is 1. The summed E-state index contributed by atoms with van der Waals surface area (Å²) in [7, 11) is 1.54. The molecule has 1 aliphatic heterocycles. The molecule has 7 nitrogen and oxygen atoms in total. The molecule has 1 aliphatic rings. The van der Waals surface area contributed by atoms with Gasteiger partial charge in [0, 0.05) is 32.8 Å². The smallest absolute Gasteiger partial charge is 0.247 e. The van der Waals surface area contributed by atoms with Crippen molar-refractivity contribution < 1.29 is 14.3 Å². The number of primary amides is 1. The average molecular weight is 461 g/mol. The molecular weight excluding hydrogens is 436 g/mol. The zero-order valence-electron chi connectivity index (χ0n) is 18.9. The van der Waals surface area contributed by atoms with E-state index in [0.29, 0.717) is 46.2 Å². The molecule has 8 heteroatoms. The predicted molar refractivity (Wildman–Crippen MR) is 127 cm³/mol. The number of nitriles is 1. The summed E-state index contributed by atoms with van der Waals surface area (Å²) in [5.74, 6) is -0.228. The van der Waals surface area contributed by atoms with Gasteiger partial charge < -0.3 is 20.5 Å². The number of amides is 1. The zero-order valence-corrected chi connectivity index (χ0v) is 19.7. The lowest BCUT2D eigenvalue weighted by molar-refractivity contribution is -0.114. The molecule has 0 bridgehead atoms. The summed E-state index contributed by atoms with van der Waals surface area (Å²) < 4.78 is 11.8. The third-order valence-electron chi connectivity index (χ3n) is 5.65. The molecule has 3 aromatic rings. The molecule has 0 fully saturated rings. The number of pyridine rings is 1. The van der Waals surface area contributed by atoms with E-state index in [1.165, 1.54) is 12.0 Å². The van der Waals surface area contributed by atoms with Crippen molar-refractivity contribution in [3.05, 3.63) is 79.8 Å². The van der Waals surface area contributed by atoms with Crippen LogP contribution < -0.4 is 20.5 Å². The Morgan fingerprint density at radius 1 is 1.27 bits per heavy atom. The highest BCUT2D eigenvalue weighted by atomic mass is 32.1. The highest BCUT2D eigenvalue weighted by Crippen LogP contribution is 2.49. The molecule has 168 valence electrons. The van der Waals surface area contributed by atoms with Crippen molar-refractivity contribution >= 4 is 22.9 Å².